The second-order valence-electron chi connectivity index (χ2n) is 5.96. The maximum Gasteiger partial charge on any atom is 0.462 e. The Morgan fingerprint density at radius 2 is 1.65 bits per heavy atom. The van der Waals surface area contributed by atoms with Gasteiger partial charge in [-0.05, 0) is 68.3 Å². The van der Waals surface area contributed by atoms with Crippen molar-refractivity contribution in [2.24, 2.45) is 5.10 Å². The summed E-state index contributed by atoms with van der Waals surface area (Å²) in [6, 6.07) is 4.51. The molecule has 2 aromatic rings. The van der Waals surface area contributed by atoms with E-state index in [1.807, 2.05) is 24.3 Å². The maximum absolute atomic E-state index is 13.2. The second-order valence-corrected chi connectivity index (χ2v) is 8.06. The topological polar surface area (TPSA) is 42.8 Å². The fourth-order valence-corrected chi connectivity index (χ4v) is 2.88. The van der Waals surface area contributed by atoms with Gasteiger partial charge in [-0.2, -0.15) is 35.8 Å². The van der Waals surface area contributed by atoms with E-state index in [2.05, 4.69) is 43.6 Å². The van der Waals surface area contributed by atoms with Gasteiger partial charge < -0.3 is 9.47 Å². The molecule has 170 valence electrons. The average Bonchev–Trinajstić information content (AvgIpc) is 2.67. The van der Waals surface area contributed by atoms with Crippen molar-refractivity contribution in [1.82, 2.24) is 5.43 Å². The number of hydrogen-bond donors (Lipinski definition) is 1. The Labute approximate surface area is 194 Å². The predicted octanol–water partition coefficient (Wildman–Crippen LogP) is 6.36. The van der Waals surface area contributed by atoms with E-state index in [1.165, 1.54) is 19.2 Å². The van der Waals surface area contributed by atoms with E-state index in [0.717, 1.165) is 9.13 Å². The summed E-state index contributed by atoms with van der Waals surface area (Å²) >= 11 is 5.28. The minimum Gasteiger partial charge on any atom is -0.493 e. The van der Waals surface area contributed by atoms with Gasteiger partial charge in [0.05, 0.1) is 13.3 Å². The van der Waals surface area contributed by atoms with Crippen LogP contribution in [0.4, 0.5) is 30.7 Å². The summed E-state index contributed by atoms with van der Waals surface area (Å²) in [5, 5.41) is 2.83. The molecule has 0 atom stereocenters. The summed E-state index contributed by atoms with van der Waals surface area (Å²) in [7, 11) is 1.30. The first-order chi connectivity index (χ1) is 14.3. The van der Waals surface area contributed by atoms with Crippen LogP contribution >= 0.6 is 38.5 Å². The largest absolute Gasteiger partial charge is 0.493 e. The van der Waals surface area contributed by atoms with Gasteiger partial charge in [-0.3, -0.25) is 0 Å². The van der Waals surface area contributed by atoms with Crippen LogP contribution in [0.3, 0.4) is 0 Å². The standard InChI is InChI=1S/C18H13BrF7IN2O2/c1-30-14-6-11(8-28-29-18(25,26)16(20,21)17(22,23)24)13(19)7-15(14)31-9-10-2-4-12(27)5-3-10/h2-8,29H,9H2,1H3/b28-8+. The highest BCUT2D eigenvalue weighted by Crippen LogP contribution is 2.45. The van der Waals surface area contributed by atoms with Crippen molar-refractivity contribution in [1.29, 1.82) is 0 Å². The first kappa shape index (κ1) is 25.5. The van der Waals surface area contributed by atoms with Gasteiger partial charge in [-0.1, -0.05) is 12.1 Å². The zero-order valence-corrected chi connectivity index (χ0v) is 19.2. The van der Waals surface area contributed by atoms with E-state index in [4.69, 9.17) is 9.47 Å². The molecule has 4 nitrogen and oxygen atoms in total. The summed E-state index contributed by atoms with van der Waals surface area (Å²) in [5.74, 6) is -5.89. The number of rotatable bonds is 8. The summed E-state index contributed by atoms with van der Waals surface area (Å²) in [5.41, 5.74) is 1.47. The van der Waals surface area contributed by atoms with Gasteiger partial charge in [0.15, 0.2) is 11.5 Å². The molecule has 0 fully saturated rings. The van der Waals surface area contributed by atoms with E-state index < -0.39 is 18.1 Å². The van der Waals surface area contributed by atoms with Gasteiger partial charge in [0.1, 0.15) is 6.61 Å². The Balaban J connectivity index is 2.16. The molecule has 0 saturated carbocycles. The third-order valence-electron chi connectivity index (χ3n) is 3.75. The summed E-state index contributed by atoms with van der Waals surface area (Å²) in [6.45, 7) is 0.188. The lowest BCUT2D eigenvalue weighted by Crippen LogP contribution is -2.58. The fraction of sp³-hybridized carbons (Fsp3) is 0.278. The third kappa shape index (κ3) is 6.14. The monoisotopic (exact) mass is 628 g/mol. The molecular formula is C18H13BrF7IN2O2. The molecule has 0 unspecified atom stereocenters. The Bertz CT molecular complexity index is 938. The first-order valence-corrected chi connectivity index (χ1v) is 10.0. The van der Waals surface area contributed by atoms with Gasteiger partial charge in [0, 0.05) is 13.6 Å². The lowest BCUT2D eigenvalue weighted by Gasteiger charge is -2.27. The van der Waals surface area contributed by atoms with Crippen molar-refractivity contribution >= 4 is 44.7 Å². The average molecular weight is 629 g/mol. The van der Waals surface area contributed by atoms with Crippen LogP contribution in [0.1, 0.15) is 11.1 Å². The molecular weight excluding hydrogens is 616 g/mol. The number of halogens is 9. The molecule has 31 heavy (non-hydrogen) atoms. The number of nitrogens with zero attached hydrogens (tertiary/aromatic N) is 1. The van der Waals surface area contributed by atoms with Crippen molar-refractivity contribution in [2.45, 2.75) is 24.8 Å². The Kier molecular flexibility index (Phi) is 8.05. The van der Waals surface area contributed by atoms with Crippen LogP contribution in [-0.2, 0) is 6.61 Å². The molecule has 0 aromatic heterocycles. The zero-order chi connectivity index (χ0) is 23.4. The van der Waals surface area contributed by atoms with Gasteiger partial charge in [0.25, 0.3) is 0 Å². The van der Waals surface area contributed by atoms with Crippen LogP contribution in [0.25, 0.3) is 0 Å². The molecule has 1 N–H and O–H groups in total. The van der Waals surface area contributed by atoms with Crippen molar-refractivity contribution in [3.63, 3.8) is 0 Å². The third-order valence-corrected chi connectivity index (χ3v) is 5.16. The van der Waals surface area contributed by atoms with Crippen LogP contribution in [0, 0.1) is 3.57 Å². The summed E-state index contributed by atoms with van der Waals surface area (Å²) in [6.07, 6.45) is -5.82. The van der Waals surface area contributed by atoms with E-state index >= 15 is 0 Å². The van der Waals surface area contributed by atoms with Crippen molar-refractivity contribution in [2.75, 3.05) is 7.11 Å². The van der Waals surface area contributed by atoms with E-state index in [9.17, 15) is 30.7 Å². The highest BCUT2D eigenvalue weighted by Gasteiger charge is 2.73. The number of ether oxygens (including phenoxy) is 2. The summed E-state index contributed by atoms with van der Waals surface area (Å²) in [4.78, 5) is 0. The molecule has 0 bridgehead atoms. The highest BCUT2D eigenvalue weighted by atomic mass is 127. The number of hydrazone groups is 1. The van der Waals surface area contributed by atoms with Gasteiger partial charge >= 0.3 is 18.1 Å². The quantitative estimate of drug-likeness (QED) is 0.122. The van der Waals surface area contributed by atoms with Gasteiger partial charge in [0.2, 0.25) is 0 Å². The van der Waals surface area contributed by atoms with Crippen LogP contribution in [0.5, 0.6) is 11.5 Å². The zero-order valence-electron chi connectivity index (χ0n) is 15.4. The number of benzene rings is 2. The molecule has 0 heterocycles. The van der Waals surface area contributed by atoms with Crippen molar-refractivity contribution in [3.05, 3.63) is 55.6 Å². The number of hydrogen-bond acceptors (Lipinski definition) is 4. The molecule has 0 spiro atoms. The minimum absolute atomic E-state index is 0.0529. The second kappa shape index (κ2) is 9.79. The Hall–Kier alpha value is -1.77. The molecule has 2 rings (SSSR count). The molecule has 0 aliphatic rings. The lowest BCUT2D eigenvalue weighted by molar-refractivity contribution is -0.361. The van der Waals surface area contributed by atoms with E-state index in [0.29, 0.717) is 11.6 Å². The smallest absolute Gasteiger partial charge is 0.462 e. The van der Waals surface area contributed by atoms with Crippen LogP contribution in [0.2, 0.25) is 0 Å². The minimum atomic E-state index is -6.46. The van der Waals surface area contributed by atoms with Crippen molar-refractivity contribution in [3.8, 4) is 11.5 Å². The molecule has 0 aliphatic carbocycles. The molecule has 0 saturated heterocycles. The van der Waals surface area contributed by atoms with Gasteiger partial charge in [-0.25, -0.2) is 5.43 Å². The van der Waals surface area contributed by atoms with E-state index in [-0.39, 0.29) is 28.1 Å². The fourth-order valence-electron chi connectivity index (χ4n) is 2.09. The van der Waals surface area contributed by atoms with Crippen molar-refractivity contribution < 1.29 is 40.2 Å². The number of alkyl halides is 7. The van der Waals surface area contributed by atoms with Crippen LogP contribution in [0.15, 0.2) is 46.0 Å². The molecule has 2 aromatic carbocycles. The van der Waals surface area contributed by atoms with E-state index in [1.54, 1.807) is 0 Å². The SMILES string of the molecule is COc1cc(/C=N/NC(F)(F)C(F)(F)C(F)(F)F)c(Br)cc1OCc1ccc(I)cc1. The number of methoxy groups -OCH3 is 1. The molecule has 0 radical (unpaired) electrons. The highest BCUT2D eigenvalue weighted by molar-refractivity contribution is 14.1. The molecule has 0 amide bonds. The summed E-state index contributed by atoms with van der Waals surface area (Å²) < 4.78 is 101. The van der Waals surface area contributed by atoms with Crippen LogP contribution in [-0.4, -0.2) is 31.5 Å². The number of nitrogens with one attached hydrogen (secondary N) is 1. The Morgan fingerprint density at radius 1 is 1.03 bits per heavy atom. The van der Waals surface area contributed by atoms with Crippen LogP contribution < -0.4 is 14.9 Å². The molecule has 13 heteroatoms. The molecule has 0 aliphatic heterocycles. The first-order valence-electron chi connectivity index (χ1n) is 8.16. The lowest BCUT2D eigenvalue weighted by atomic mass is 10.2. The predicted molar refractivity (Wildman–Crippen MR) is 111 cm³/mol. The Morgan fingerprint density at radius 3 is 2.19 bits per heavy atom. The maximum atomic E-state index is 13.2. The normalized spacial score (nSPS) is 12.8. The van der Waals surface area contributed by atoms with Gasteiger partial charge in [-0.15, -0.1) is 0 Å².